The van der Waals surface area contributed by atoms with Crippen LogP contribution >= 0.6 is 11.3 Å². The molecule has 3 rings (SSSR count). The minimum absolute atomic E-state index is 0.173. The van der Waals surface area contributed by atoms with Crippen molar-refractivity contribution in [3.63, 3.8) is 0 Å². The summed E-state index contributed by atoms with van der Waals surface area (Å²) in [6.45, 7) is 1.35. The number of halogens is 3. The number of benzene rings is 1. The maximum atomic E-state index is 13.2. The lowest BCUT2D eigenvalue weighted by Gasteiger charge is -2.11. The van der Waals surface area contributed by atoms with Crippen LogP contribution in [0.5, 0.6) is 0 Å². The van der Waals surface area contributed by atoms with Gasteiger partial charge in [-0.3, -0.25) is 4.79 Å². The number of carbonyl (C=O) groups excluding carboxylic acids is 1. The molecule has 3 N–H and O–H groups in total. The Labute approximate surface area is 137 Å². The van der Waals surface area contributed by atoms with E-state index in [4.69, 9.17) is 5.73 Å². The van der Waals surface area contributed by atoms with Crippen LogP contribution in [0.2, 0.25) is 0 Å². The number of amides is 1. The third-order valence-corrected chi connectivity index (χ3v) is 3.99. The van der Waals surface area contributed by atoms with E-state index < -0.39 is 17.8 Å². The van der Waals surface area contributed by atoms with Gasteiger partial charge in [0.2, 0.25) is 11.9 Å². The molecule has 6 nitrogen and oxygen atoms in total. The lowest BCUT2D eigenvalue weighted by atomic mass is 10.1. The molecule has 124 valence electrons. The van der Waals surface area contributed by atoms with Gasteiger partial charge in [0.25, 0.3) is 0 Å². The number of hydrogen-bond donors (Lipinski definition) is 2. The van der Waals surface area contributed by atoms with E-state index in [-0.39, 0.29) is 17.0 Å². The van der Waals surface area contributed by atoms with Crippen LogP contribution in [0.4, 0.5) is 24.3 Å². The van der Waals surface area contributed by atoms with Crippen LogP contribution in [-0.2, 0) is 11.0 Å². The third-order valence-electron chi connectivity index (χ3n) is 3.06. The highest BCUT2D eigenvalue weighted by Crippen LogP contribution is 2.37. The number of anilines is 2. The van der Waals surface area contributed by atoms with Crippen molar-refractivity contribution in [1.82, 2.24) is 15.0 Å². The molecule has 0 aliphatic rings. The second kappa shape index (κ2) is 5.71. The molecular formula is C14H10F3N5OS. The second-order valence-corrected chi connectivity index (χ2v) is 5.90. The van der Waals surface area contributed by atoms with E-state index >= 15 is 0 Å². The monoisotopic (exact) mass is 353 g/mol. The van der Waals surface area contributed by atoms with E-state index in [0.29, 0.717) is 15.3 Å². The molecule has 0 bridgehead atoms. The van der Waals surface area contributed by atoms with Gasteiger partial charge in [0.15, 0.2) is 10.8 Å². The first-order valence-electron chi connectivity index (χ1n) is 6.62. The van der Waals surface area contributed by atoms with Gasteiger partial charge in [0, 0.05) is 18.7 Å². The van der Waals surface area contributed by atoms with Crippen molar-refractivity contribution in [2.75, 3.05) is 11.1 Å². The Kier molecular flexibility index (Phi) is 3.84. The maximum absolute atomic E-state index is 13.2. The Morgan fingerprint density at radius 2 is 2.04 bits per heavy atom. The van der Waals surface area contributed by atoms with Gasteiger partial charge < -0.3 is 11.1 Å². The van der Waals surface area contributed by atoms with Crippen LogP contribution in [0.25, 0.3) is 21.3 Å². The van der Waals surface area contributed by atoms with Crippen molar-refractivity contribution in [3.05, 3.63) is 30.1 Å². The zero-order chi connectivity index (χ0) is 17.5. The first kappa shape index (κ1) is 16.1. The van der Waals surface area contributed by atoms with Gasteiger partial charge >= 0.3 is 6.18 Å². The highest BCUT2D eigenvalue weighted by atomic mass is 32.1. The first-order chi connectivity index (χ1) is 11.2. The number of fused-ring (bicyclic) bond motifs is 1. The van der Waals surface area contributed by atoms with Crippen LogP contribution < -0.4 is 11.1 Å². The van der Waals surface area contributed by atoms with E-state index in [9.17, 15) is 18.0 Å². The molecular weight excluding hydrogens is 343 g/mol. The van der Waals surface area contributed by atoms with Gasteiger partial charge in [-0.2, -0.15) is 13.2 Å². The molecule has 0 spiro atoms. The predicted molar refractivity (Wildman–Crippen MR) is 84.4 cm³/mol. The number of carbonyl (C=O) groups is 1. The summed E-state index contributed by atoms with van der Waals surface area (Å²) in [6.07, 6.45) is -3.61. The SMILES string of the molecule is CC(=O)Nc1nc2ccc(-c3cnc(N)nc3C(F)(F)F)cc2s1. The fraction of sp³-hybridized carbons (Fsp3) is 0.143. The summed E-state index contributed by atoms with van der Waals surface area (Å²) in [5, 5.41) is 2.92. The molecule has 0 atom stereocenters. The summed E-state index contributed by atoms with van der Waals surface area (Å²) in [4.78, 5) is 22.2. The van der Waals surface area contributed by atoms with Gasteiger partial charge in [-0.1, -0.05) is 17.4 Å². The highest BCUT2D eigenvalue weighted by Gasteiger charge is 2.36. The van der Waals surface area contributed by atoms with Crippen molar-refractivity contribution in [3.8, 4) is 11.1 Å². The smallest absolute Gasteiger partial charge is 0.368 e. The molecule has 24 heavy (non-hydrogen) atoms. The van der Waals surface area contributed by atoms with Crippen molar-refractivity contribution in [2.24, 2.45) is 0 Å². The predicted octanol–water partition coefficient (Wildman–Crippen LogP) is 3.31. The molecule has 2 aromatic heterocycles. The van der Waals surface area contributed by atoms with Crippen LogP contribution in [-0.4, -0.2) is 20.9 Å². The molecule has 0 aliphatic carbocycles. The van der Waals surface area contributed by atoms with Crippen molar-refractivity contribution in [2.45, 2.75) is 13.1 Å². The Morgan fingerprint density at radius 3 is 2.71 bits per heavy atom. The molecule has 3 aromatic rings. The number of nitrogens with zero attached hydrogens (tertiary/aromatic N) is 3. The van der Waals surface area contributed by atoms with E-state index in [1.165, 1.54) is 13.0 Å². The highest BCUT2D eigenvalue weighted by molar-refractivity contribution is 7.22. The van der Waals surface area contributed by atoms with E-state index in [1.807, 2.05) is 0 Å². The van der Waals surface area contributed by atoms with Crippen molar-refractivity contribution in [1.29, 1.82) is 0 Å². The Hall–Kier alpha value is -2.75. The summed E-state index contributed by atoms with van der Waals surface area (Å²) < 4.78 is 40.1. The Morgan fingerprint density at radius 1 is 1.29 bits per heavy atom. The average Bonchev–Trinajstić information content (AvgIpc) is 2.86. The third kappa shape index (κ3) is 3.13. The zero-order valence-electron chi connectivity index (χ0n) is 12.2. The molecule has 0 radical (unpaired) electrons. The second-order valence-electron chi connectivity index (χ2n) is 4.87. The zero-order valence-corrected chi connectivity index (χ0v) is 13.0. The minimum Gasteiger partial charge on any atom is -0.368 e. The number of nitrogens with one attached hydrogen (secondary N) is 1. The van der Waals surface area contributed by atoms with Crippen LogP contribution in [0, 0.1) is 0 Å². The van der Waals surface area contributed by atoms with E-state index in [2.05, 4.69) is 20.3 Å². The Bertz CT molecular complexity index is 938. The molecule has 0 saturated carbocycles. The lowest BCUT2D eigenvalue weighted by Crippen LogP contribution is -2.12. The van der Waals surface area contributed by atoms with E-state index in [0.717, 1.165) is 17.5 Å². The summed E-state index contributed by atoms with van der Waals surface area (Å²) >= 11 is 1.16. The number of hydrogen-bond acceptors (Lipinski definition) is 6. The van der Waals surface area contributed by atoms with Crippen molar-refractivity contribution >= 4 is 38.5 Å². The largest absolute Gasteiger partial charge is 0.434 e. The number of thiazole rings is 1. The number of nitrogens with two attached hydrogens (primary N) is 1. The fourth-order valence-corrected chi connectivity index (χ4v) is 3.07. The summed E-state index contributed by atoms with van der Waals surface area (Å²) in [5.74, 6) is -0.724. The first-order valence-corrected chi connectivity index (χ1v) is 7.44. The normalized spacial score (nSPS) is 11.7. The average molecular weight is 353 g/mol. The van der Waals surface area contributed by atoms with Crippen LogP contribution in [0.15, 0.2) is 24.4 Å². The molecule has 0 aliphatic heterocycles. The summed E-state index contributed by atoms with van der Waals surface area (Å²) in [7, 11) is 0. The standard InChI is InChI=1S/C14H10F3N5OS/c1-6(23)20-13-21-9-3-2-7(4-10(9)24-13)8-5-19-12(18)22-11(8)14(15,16)17/h2-5H,1H3,(H2,18,19,22)(H,20,21,23). The van der Waals surface area contributed by atoms with Crippen LogP contribution in [0.3, 0.4) is 0 Å². The fourth-order valence-electron chi connectivity index (χ4n) is 2.12. The molecule has 1 aromatic carbocycles. The maximum Gasteiger partial charge on any atom is 0.434 e. The number of rotatable bonds is 2. The molecule has 0 saturated heterocycles. The minimum atomic E-state index is -4.66. The van der Waals surface area contributed by atoms with Gasteiger partial charge in [0.1, 0.15) is 0 Å². The van der Waals surface area contributed by atoms with E-state index in [1.54, 1.807) is 12.1 Å². The number of nitrogen functional groups attached to an aromatic ring is 1. The van der Waals surface area contributed by atoms with Gasteiger partial charge in [-0.05, 0) is 17.7 Å². The van der Waals surface area contributed by atoms with Gasteiger partial charge in [-0.25, -0.2) is 15.0 Å². The van der Waals surface area contributed by atoms with Gasteiger partial charge in [0.05, 0.1) is 10.2 Å². The summed E-state index contributed by atoms with van der Waals surface area (Å²) in [5.41, 5.74) is 4.85. The number of aromatic nitrogens is 3. The molecule has 1 amide bonds. The number of alkyl halides is 3. The molecule has 0 unspecified atom stereocenters. The quantitative estimate of drug-likeness (QED) is 0.737. The molecule has 0 fully saturated rings. The lowest BCUT2D eigenvalue weighted by molar-refractivity contribution is -0.140. The Balaban J connectivity index is 2.11. The van der Waals surface area contributed by atoms with Crippen LogP contribution in [0.1, 0.15) is 12.6 Å². The molecule has 2 heterocycles. The molecule has 10 heteroatoms. The topological polar surface area (TPSA) is 93.8 Å². The summed E-state index contributed by atoms with van der Waals surface area (Å²) in [6, 6.07) is 4.61. The van der Waals surface area contributed by atoms with Gasteiger partial charge in [-0.15, -0.1) is 0 Å². The van der Waals surface area contributed by atoms with Crippen molar-refractivity contribution < 1.29 is 18.0 Å².